The summed E-state index contributed by atoms with van der Waals surface area (Å²) in [5, 5.41) is 3.52. The second-order valence-corrected chi connectivity index (χ2v) is 5.97. The van der Waals surface area contributed by atoms with E-state index in [4.69, 9.17) is 11.6 Å². The van der Waals surface area contributed by atoms with Crippen molar-refractivity contribution >= 4 is 28.8 Å². The highest BCUT2D eigenvalue weighted by molar-refractivity contribution is 7.13. The normalized spacial score (nSPS) is 12.2. The van der Waals surface area contributed by atoms with Gasteiger partial charge in [0.05, 0.1) is 16.1 Å². The van der Waals surface area contributed by atoms with E-state index in [0.29, 0.717) is 11.4 Å². The van der Waals surface area contributed by atoms with Crippen LogP contribution in [0.25, 0.3) is 0 Å². The van der Waals surface area contributed by atoms with Crippen LogP contribution in [0.1, 0.15) is 31.3 Å². The third-order valence-electron chi connectivity index (χ3n) is 2.71. The molecule has 19 heavy (non-hydrogen) atoms. The number of hydrogen-bond donors (Lipinski definition) is 1. The second kappa shape index (κ2) is 6.17. The van der Waals surface area contributed by atoms with E-state index >= 15 is 0 Å². The maximum Gasteiger partial charge on any atom is 0.263 e. The summed E-state index contributed by atoms with van der Waals surface area (Å²) in [6.07, 6.45) is 0. The maximum absolute atomic E-state index is 12.0. The lowest BCUT2D eigenvalue weighted by atomic mass is 10.1. The van der Waals surface area contributed by atoms with Gasteiger partial charge in [0.15, 0.2) is 0 Å². The molecule has 1 atom stereocenters. The average Bonchev–Trinajstić information content (AvgIpc) is 2.75. The minimum absolute atomic E-state index is 0.107. The number of aromatic nitrogens is 1. The van der Waals surface area contributed by atoms with Gasteiger partial charge in [-0.25, -0.2) is 4.98 Å². The number of amides is 1. The zero-order valence-electron chi connectivity index (χ0n) is 10.8. The highest BCUT2D eigenvalue weighted by Gasteiger charge is 2.15. The van der Waals surface area contributed by atoms with E-state index in [-0.39, 0.29) is 11.3 Å². The van der Waals surface area contributed by atoms with Crippen LogP contribution in [-0.4, -0.2) is 17.4 Å². The fourth-order valence-electron chi connectivity index (χ4n) is 1.78. The molecule has 0 spiro atoms. The number of benzene rings is 1. The first-order valence-electron chi connectivity index (χ1n) is 5.99. The van der Waals surface area contributed by atoms with Crippen molar-refractivity contribution in [3.05, 3.63) is 51.5 Å². The molecule has 0 radical (unpaired) electrons. The van der Waals surface area contributed by atoms with Crippen molar-refractivity contribution in [1.29, 1.82) is 0 Å². The number of thiazole rings is 1. The molecule has 3 nitrogen and oxygen atoms in total. The van der Waals surface area contributed by atoms with Crippen LogP contribution in [0.2, 0.25) is 0 Å². The number of aryl methyl sites for hydroxylation is 2. The summed E-state index contributed by atoms with van der Waals surface area (Å²) in [5.74, 6) is -0.107. The van der Waals surface area contributed by atoms with Gasteiger partial charge in [-0.1, -0.05) is 30.3 Å². The fourth-order valence-corrected chi connectivity index (χ4v) is 2.84. The van der Waals surface area contributed by atoms with Crippen LogP contribution in [0.4, 0.5) is 0 Å². The summed E-state index contributed by atoms with van der Waals surface area (Å²) in [7, 11) is 0. The maximum atomic E-state index is 12.0. The van der Waals surface area contributed by atoms with Crippen LogP contribution in [0.5, 0.6) is 0 Å². The number of carbonyl (C=O) groups excluding carboxylic acids is 1. The molecule has 0 aliphatic carbocycles. The average molecular weight is 295 g/mol. The van der Waals surface area contributed by atoms with Crippen molar-refractivity contribution in [1.82, 2.24) is 10.3 Å². The lowest BCUT2D eigenvalue weighted by molar-refractivity contribution is 0.0957. The van der Waals surface area contributed by atoms with Gasteiger partial charge in [-0.05, 0) is 19.4 Å². The Balaban J connectivity index is 1.96. The molecule has 0 aliphatic rings. The summed E-state index contributed by atoms with van der Waals surface area (Å²) < 4.78 is 0. The first kappa shape index (κ1) is 14.0. The molecule has 0 saturated heterocycles. The molecule has 100 valence electrons. The van der Waals surface area contributed by atoms with Gasteiger partial charge in [-0.15, -0.1) is 22.9 Å². The van der Waals surface area contributed by atoms with Crippen molar-refractivity contribution in [2.75, 3.05) is 6.54 Å². The molecule has 1 aromatic heterocycles. The van der Waals surface area contributed by atoms with Crippen LogP contribution >= 0.6 is 22.9 Å². The quantitative estimate of drug-likeness (QED) is 0.877. The summed E-state index contributed by atoms with van der Waals surface area (Å²) in [6, 6.07) is 9.71. The van der Waals surface area contributed by atoms with E-state index in [1.165, 1.54) is 11.3 Å². The lowest BCUT2D eigenvalue weighted by Crippen LogP contribution is -2.26. The minimum Gasteiger partial charge on any atom is -0.349 e. The number of rotatable bonds is 4. The Morgan fingerprint density at radius 1 is 1.37 bits per heavy atom. The van der Waals surface area contributed by atoms with Crippen molar-refractivity contribution in [3.63, 3.8) is 0 Å². The zero-order valence-corrected chi connectivity index (χ0v) is 12.4. The summed E-state index contributed by atoms with van der Waals surface area (Å²) in [6.45, 7) is 4.14. The van der Waals surface area contributed by atoms with E-state index < -0.39 is 0 Å². The molecule has 0 bridgehead atoms. The van der Waals surface area contributed by atoms with E-state index in [2.05, 4.69) is 10.3 Å². The van der Waals surface area contributed by atoms with Crippen LogP contribution in [0, 0.1) is 13.8 Å². The molecular weight excluding hydrogens is 280 g/mol. The lowest BCUT2D eigenvalue weighted by Gasteiger charge is -2.10. The Morgan fingerprint density at radius 3 is 2.63 bits per heavy atom. The van der Waals surface area contributed by atoms with Crippen LogP contribution in [-0.2, 0) is 0 Å². The predicted molar refractivity (Wildman–Crippen MR) is 79.0 cm³/mol. The molecule has 2 rings (SSSR count). The molecule has 0 fully saturated rings. The summed E-state index contributed by atoms with van der Waals surface area (Å²) in [4.78, 5) is 16.9. The second-order valence-electron chi connectivity index (χ2n) is 4.24. The third-order valence-corrected chi connectivity index (χ3v) is 4.19. The van der Waals surface area contributed by atoms with Gasteiger partial charge in [-0.3, -0.25) is 4.79 Å². The van der Waals surface area contributed by atoms with Crippen molar-refractivity contribution < 1.29 is 4.79 Å². The largest absolute Gasteiger partial charge is 0.349 e. The molecule has 1 N–H and O–H groups in total. The summed E-state index contributed by atoms with van der Waals surface area (Å²) in [5.41, 5.74) is 1.77. The molecule has 1 unspecified atom stereocenters. The van der Waals surface area contributed by atoms with E-state index in [9.17, 15) is 4.79 Å². The van der Waals surface area contributed by atoms with E-state index in [1.807, 2.05) is 44.2 Å². The summed E-state index contributed by atoms with van der Waals surface area (Å²) >= 11 is 7.66. The highest BCUT2D eigenvalue weighted by atomic mass is 35.5. The Kier molecular flexibility index (Phi) is 4.56. The molecule has 0 saturated carbocycles. The first-order chi connectivity index (χ1) is 9.08. The van der Waals surface area contributed by atoms with Crippen LogP contribution in [0.15, 0.2) is 30.3 Å². The number of alkyl halides is 1. The monoisotopic (exact) mass is 294 g/mol. The molecular formula is C14H15ClN2OS. The van der Waals surface area contributed by atoms with Gasteiger partial charge in [0.25, 0.3) is 5.91 Å². The molecule has 0 aliphatic heterocycles. The van der Waals surface area contributed by atoms with Gasteiger partial charge >= 0.3 is 0 Å². The van der Waals surface area contributed by atoms with Crippen molar-refractivity contribution in [2.24, 2.45) is 0 Å². The topological polar surface area (TPSA) is 42.0 Å². The standard InChI is InChI=1S/C14H15ClN2OS/c1-9-13(19-10(2)17-9)14(18)16-8-12(15)11-6-4-3-5-7-11/h3-7,12H,8H2,1-2H3,(H,16,18). The number of hydrogen-bond acceptors (Lipinski definition) is 3. The Bertz CT molecular complexity index is 568. The Morgan fingerprint density at radius 2 is 2.05 bits per heavy atom. The fraction of sp³-hybridized carbons (Fsp3) is 0.286. The minimum atomic E-state index is -0.223. The first-order valence-corrected chi connectivity index (χ1v) is 7.24. The third kappa shape index (κ3) is 3.55. The molecule has 1 amide bonds. The smallest absolute Gasteiger partial charge is 0.263 e. The van der Waals surface area contributed by atoms with Crippen molar-refractivity contribution in [3.8, 4) is 0 Å². The van der Waals surface area contributed by atoms with Gasteiger partial charge in [0, 0.05) is 6.54 Å². The molecule has 1 aromatic carbocycles. The van der Waals surface area contributed by atoms with Gasteiger partial charge < -0.3 is 5.32 Å². The number of carbonyl (C=O) groups is 1. The number of nitrogens with one attached hydrogen (secondary N) is 1. The van der Waals surface area contributed by atoms with Gasteiger partial charge in [-0.2, -0.15) is 0 Å². The van der Waals surface area contributed by atoms with Gasteiger partial charge in [0.1, 0.15) is 4.88 Å². The van der Waals surface area contributed by atoms with Crippen LogP contribution < -0.4 is 5.32 Å². The van der Waals surface area contributed by atoms with Crippen LogP contribution in [0.3, 0.4) is 0 Å². The Labute approximate surface area is 121 Å². The SMILES string of the molecule is Cc1nc(C)c(C(=O)NCC(Cl)c2ccccc2)s1. The molecule has 2 aromatic rings. The number of nitrogens with zero attached hydrogens (tertiary/aromatic N) is 1. The van der Waals surface area contributed by atoms with Crippen molar-refractivity contribution in [2.45, 2.75) is 19.2 Å². The number of halogens is 1. The van der Waals surface area contributed by atoms with E-state index in [1.54, 1.807) is 0 Å². The zero-order chi connectivity index (χ0) is 13.8. The van der Waals surface area contributed by atoms with E-state index in [0.717, 1.165) is 16.3 Å². The molecule has 1 heterocycles. The highest BCUT2D eigenvalue weighted by Crippen LogP contribution is 2.20. The predicted octanol–water partition coefficient (Wildman–Crippen LogP) is 3.47. The Hall–Kier alpha value is -1.39. The molecule has 5 heteroatoms. The van der Waals surface area contributed by atoms with Gasteiger partial charge in [0.2, 0.25) is 0 Å².